The quantitative estimate of drug-likeness (QED) is 0.227. The molecule has 0 bridgehead atoms. The van der Waals surface area contributed by atoms with Gasteiger partial charge in [0.1, 0.15) is 12.7 Å². The van der Waals surface area contributed by atoms with Gasteiger partial charge in [-0.15, -0.1) is 0 Å². The predicted octanol–water partition coefficient (Wildman–Crippen LogP) is 3.47. The smallest absolute Gasteiger partial charge is 0.460 e. The summed E-state index contributed by atoms with van der Waals surface area (Å²) in [7, 11) is -3.50. The highest BCUT2D eigenvalue weighted by molar-refractivity contribution is 6.84. The molecule has 2 unspecified atom stereocenters. The van der Waals surface area contributed by atoms with Crippen LogP contribution in [-0.4, -0.2) is 74.0 Å². The third-order valence-electron chi connectivity index (χ3n) is 4.91. The number of rotatable bonds is 14. The summed E-state index contributed by atoms with van der Waals surface area (Å²) in [4.78, 5) is 21.9. The Morgan fingerprint density at radius 3 is 1.97 bits per heavy atom. The highest BCUT2D eigenvalue weighted by atomic mass is 28.4. The second-order valence-corrected chi connectivity index (χ2v) is 17.8. The second-order valence-electron chi connectivity index (χ2n) is 8.93. The maximum Gasteiger partial charge on any atom is 0.508 e. The van der Waals surface area contributed by atoms with Crippen molar-refractivity contribution in [2.75, 3.05) is 33.0 Å². The molecule has 10 heteroatoms. The molecule has 2 saturated heterocycles. The molecule has 0 amide bonds. The first kappa shape index (κ1) is 24.3. The van der Waals surface area contributed by atoms with Crippen LogP contribution >= 0.6 is 0 Å². The van der Waals surface area contributed by atoms with Gasteiger partial charge in [-0.1, -0.05) is 0 Å². The van der Waals surface area contributed by atoms with Crippen LogP contribution in [-0.2, 0) is 32.6 Å². The van der Waals surface area contributed by atoms with Gasteiger partial charge in [-0.05, 0) is 57.5 Å². The normalized spacial score (nSPS) is 22.5. The van der Waals surface area contributed by atoms with Gasteiger partial charge in [0.05, 0.1) is 13.2 Å². The first-order valence-corrected chi connectivity index (χ1v) is 16.8. The highest BCUT2D eigenvalue weighted by Crippen LogP contribution is 2.24. The molecule has 0 aromatic carbocycles. The van der Waals surface area contributed by atoms with E-state index < -0.39 is 22.8 Å². The Labute approximate surface area is 175 Å². The highest BCUT2D eigenvalue weighted by Gasteiger charge is 2.32. The van der Waals surface area contributed by atoms with E-state index in [4.69, 9.17) is 27.8 Å². The van der Waals surface area contributed by atoms with Crippen molar-refractivity contribution in [2.24, 2.45) is 0 Å². The molecule has 0 saturated carbocycles. The Balaban J connectivity index is 1.51. The minimum absolute atomic E-state index is 0.0641. The fourth-order valence-electron chi connectivity index (χ4n) is 3.63. The fraction of sp³-hybridized carbons (Fsp3) is 0.895. The van der Waals surface area contributed by atoms with Crippen LogP contribution in [0.15, 0.2) is 0 Å². The van der Waals surface area contributed by atoms with E-state index in [9.17, 15) is 9.59 Å². The molecule has 2 aliphatic rings. The second kappa shape index (κ2) is 11.4. The largest absolute Gasteiger partial charge is 0.508 e. The molecule has 2 fully saturated rings. The molecule has 29 heavy (non-hydrogen) atoms. The first-order chi connectivity index (χ1) is 13.7. The third kappa shape index (κ3) is 10.1. The maximum absolute atomic E-state index is 11.1. The molecule has 2 rings (SSSR count). The minimum Gasteiger partial charge on any atom is -0.460 e. The van der Waals surface area contributed by atoms with Crippen molar-refractivity contribution in [1.82, 2.24) is 0 Å². The number of ether oxygens (including phenoxy) is 5. The van der Waals surface area contributed by atoms with E-state index in [1.807, 2.05) is 0 Å². The number of hydrogen-bond donors (Lipinski definition) is 0. The van der Waals surface area contributed by atoms with Gasteiger partial charge in [-0.3, -0.25) is 4.79 Å². The summed E-state index contributed by atoms with van der Waals surface area (Å²) in [6.45, 7) is 11.5. The zero-order valence-corrected chi connectivity index (χ0v) is 20.2. The van der Waals surface area contributed by atoms with Gasteiger partial charge < -0.3 is 27.8 Å². The molecule has 2 heterocycles. The Hall–Kier alpha value is -0.946. The number of cyclic esters (lactones) is 3. The monoisotopic (exact) mass is 448 g/mol. The van der Waals surface area contributed by atoms with Gasteiger partial charge in [0.25, 0.3) is 0 Å². The number of esters is 1. The SMILES string of the molecule is C[Si](C)(CCCOCC1CCC(=O)O1)O[Si](C)(C)CCCOCC1COC(=O)O1. The van der Waals surface area contributed by atoms with Gasteiger partial charge in [0.15, 0.2) is 22.7 Å². The lowest BCUT2D eigenvalue weighted by Crippen LogP contribution is -2.44. The summed E-state index contributed by atoms with van der Waals surface area (Å²) in [6.07, 6.45) is 2.23. The molecule has 0 aliphatic carbocycles. The number of hydrogen-bond acceptors (Lipinski definition) is 8. The Kier molecular flexibility index (Phi) is 9.60. The van der Waals surface area contributed by atoms with Crippen molar-refractivity contribution >= 4 is 28.8 Å². The fourth-order valence-corrected chi connectivity index (χ4v) is 12.4. The first-order valence-electron chi connectivity index (χ1n) is 10.5. The molecule has 0 spiro atoms. The van der Waals surface area contributed by atoms with Gasteiger partial charge in [0.2, 0.25) is 0 Å². The molecular weight excluding hydrogens is 412 g/mol. The lowest BCUT2D eigenvalue weighted by atomic mass is 10.2. The van der Waals surface area contributed by atoms with E-state index in [2.05, 4.69) is 26.2 Å². The summed E-state index contributed by atoms with van der Waals surface area (Å²) >= 11 is 0. The number of carbonyl (C=O) groups is 2. The van der Waals surface area contributed by atoms with Crippen molar-refractivity contribution < 1.29 is 37.4 Å². The predicted molar refractivity (Wildman–Crippen MR) is 112 cm³/mol. The summed E-state index contributed by atoms with van der Waals surface area (Å²) < 4.78 is 32.7. The van der Waals surface area contributed by atoms with Crippen LogP contribution in [0.1, 0.15) is 25.7 Å². The van der Waals surface area contributed by atoms with Crippen LogP contribution in [0.3, 0.4) is 0 Å². The molecule has 8 nitrogen and oxygen atoms in total. The zero-order valence-electron chi connectivity index (χ0n) is 18.2. The Morgan fingerprint density at radius 2 is 1.48 bits per heavy atom. The van der Waals surface area contributed by atoms with Crippen molar-refractivity contribution in [2.45, 2.75) is 76.2 Å². The molecule has 0 aromatic rings. The van der Waals surface area contributed by atoms with Crippen molar-refractivity contribution in [1.29, 1.82) is 0 Å². The maximum atomic E-state index is 11.1. The van der Waals surface area contributed by atoms with Crippen LogP contribution < -0.4 is 0 Å². The minimum atomic E-state index is -1.76. The van der Waals surface area contributed by atoms with Crippen LogP contribution in [0.4, 0.5) is 4.79 Å². The summed E-state index contributed by atoms with van der Waals surface area (Å²) in [5, 5.41) is 0. The van der Waals surface area contributed by atoms with E-state index >= 15 is 0 Å². The van der Waals surface area contributed by atoms with E-state index in [0.717, 1.165) is 31.4 Å². The summed E-state index contributed by atoms with van der Waals surface area (Å²) in [6, 6.07) is 2.09. The van der Waals surface area contributed by atoms with E-state index in [0.29, 0.717) is 32.8 Å². The Bertz CT molecular complexity index is 494. The number of carbonyl (C=O) groups excluding carboxylic acids is 2. The van der Waals surface area contributed by atoms with Crippen LogP contribution in [0.25, 0.3) is 0 Å². The van der Waals surface area contributed by atoms with Crippen molar-refractivity contribution in [3.8, 4) is 0 Å². The molecule has 0 aromatic heterocycles. The zero-order chi connectivity index (χ0) is 21.3. The van der Waals surface area contributed by atoms with Gasteiger partial charge in [0, 0.05) is 19.6 Å². The van der Waals surface area contributed by atoms with Gasteiger partial charge in [-0.25, -0.2) is 4.79 Å². The van der Waals surface area contributed by atoms with Gasteiger partial charge in [-0.2, -0.15) is 0 Å². The van der Waals surface area contributed by atoms with Crippen LogP contribution in [0, 0.1) is 0 Å². The molecule has 2 aliphatic heterocycles. The van der Waals surface area contributed by atoms with E-state index in [1.54, 1.807) is 0 Å². The molecule has 168 valence electrons. The lowest BCUT2D eigenvalue weighted by Gasteiger charge is -2.34. The third-order valence-corrected chi connectivity index (χ3v) is 12.4. The topological polar surface area (TPSA) is 89.5 Å². The standard InChI is InChI=1S/C19H36O8Si2/c1-28(2,11-5-9-22-13-16-7-8-18(20)25-16)27-29(3,4)12-6-10-23-14-17-15-24-19(21)26-17/h16-17H,5-15H2,1-4H3. The average Bonchev–Trinajstić information content (AvgIpc) is 3.21. The van der Waals surface area contributed by atoms with E-state index in [1.165, 1.54) is 0 Å². The van der Waals surface area contributed by atoms with Gasteiger partial charge >= 0.3 is 12.1 Å². The Morgan fingerprint density at radius 1 is 0.897 bits per heavy atom. The van der Waals surface area contributed by atoms with Crippen LogP contribution in [0.2, 0.25) is 38.3 Å². The van der Waals surface area contributed by atoms with Crippen molar-refractivity contribution in [3.05, 3.63) is 0 Å². The molecular formula is C19H36O8Si2. The molecule has 0 N–H and O–H groups in total. The average molecular weight is 449 g/mol. The summed E-state index contributed by atoms with van der Waals surface area (Å²) in [5.41, 5.74) is 0. The van der Waals surface area contributed by atoms with Crippen LogP contribution in [0.5, 0.6) is 0 Å². The molecule has 0 radical (unpaired) electrons. The molecule has 2 atom stereocenters. The van der Waals surface area contributed by atoms with Crippen molar-refractivity contribution in [3.63, 3.8) is 0 Å². The van der Waals surface area contributed by atoms with E-state index in [-0.39, 0.29) is 24.8 Å². The lowest BCUT2D eigenvalue weighted by molar-refractivity contribution is -0.143. The summed E-state index contributed by atoms with van der Waals surface area (Å²) in [5.74, 6) is -0.117.